The third kappa shape index (κ3) is 3.42. The number of nitrogens with two attached hydrogens (primary N) is 1. The first-order chi connectivity index (χ1) is 9.99. The number of hydrogen-bond donors (Lipinski definition) is 1. The summed E-state index contributed by atoms with van der Waals surface area (Å²) in [5.41, 5.74) is 5.35. The molecule has 0 bridgehead atoms. The smallest absolute Gasteiger partial charge is 0.339 e. The molecule has 2 N–H and O–H groups in total. The zero-order chi connectivity index (χ0) is 15.4. The van der Waals surface area contributed by atoms with E-state index in [9.17, 15) is 19.7 Å². The van der Waals surface area contributed by atoms with E-state index in [1.165, 1.54) is 23.5 Å². The minimum Gasteiger partial charge on any atom is -0.457 e. The van der Waals surface area contributed by atoms with Gasteiger partial charge in [0, 0.05) is 17.0 Å². The molecule has 0 saturated heterocycles. The van der Waals surface area contributed by atoms with Gasteiger partial charge < -0.3 is 10.5 Å². The molecule has 1 amide bonds. The Bertz CT molecular complexity index is 697. The van der Waals surface area contributed by atoms with Crippen molar-refractivity contribution < 1.29 is 19.2 Å². The zero-order valence-electron chi connectivity index (χ0n) is 10.6. The van der Waals surface area contributed by atoms with Gasteiger partial charge in [-0.25, -0.2) is 4.79 Å². The predicted molar refractivity (Wildman–Crippen MR) is 75.1 cm³/mol. The number of primary amides is 1. The first kappa shape index (κ1) is 14.7. The Kier molecular flexibility index (Phi) is 4.29. The van der Waals surface area contributed by atoms with Gasteiger partial charge in [0.15, 0.2) is 0 Å². The number of nitro benzene ring substituents is 1. The average Bonchev–Trinajstić information content (AvgIpc) is 2.98. The highest BCUT2D eigenvalue weighted by atomic mass is 32.1. The molecule has 1 aromatic carbocycles. The Hall–Kier alpha value is -2.74. The molecule has 2 aromatic rings. The normalized spacial score (nSPS) is 10.1. The molecule has 0 atom stereocenters. The number of nitro groups is 1. The van der Waals surface area contributed by atoms with Gasteiger partial charge in [-0.2, -0.15) is 11.3 Å². The van der Waals surface area contributed by atoms with E-state index in [-0.39, 0.29) is 23.4 Å². The number of rotatable bonds is 5. The van der Waals surface area contributed by atoms with E-state index in [1.54, 1.807) is 16.8 Å². The van der Waals surface area contributed by atoms with Gasteiger partial charge in [0.05, 0.1) is 16.1 Å². The molecule has 108 valence electrons. The second-order valence-electron chi connectivity index (χ2n) is 4.05. The largest absolute Gasteiger partial charge is 0.457 e. The van der Waals surface area contributed by atoms with Gasteiger partial charge in [0.1, 0.15) is 6.61 Å². The third-order valence-corrected chi connectivity index (χ3v) is 3.37. The Balaban J connectivity index is 2.18. The summed E-state index contributed by atoms with van der Waals surface area (Å²) in [6.45, 7) is -0.260. The maximum Gasteiger partial charge on any atom is 0.339 e. The predicted octanol–water partition coefficient (Wildman–Crippen LogP) is 2.11. The molecule has 0 spiro atoms. The minimum atomic E-state index is -0.764. The lowest BCUT2D eigenvalue weighted by molar-refractivity contribution is -0.385. The van der Waals surface area contributed by atoms with E-state index in [0.29, 0.717) is 5.56 Å². The van der Waals surface area contributed by atoms with E-state index in [2.05, 4.69) is 0 Å². The number of amides is 1. The monoisotopic (exact) mass is 306 g/mol. The van der Waals surface area contributed by atoms with Crippen LogP contribution in [0.15, 0.2) is 35.0 Å². The number of ether oxygens (including phenoxy) is 1. The summed E-state index contributed by atoms with van der Waals surface area (Å²) in [4.78, 5) is 33.0. The van der Waals surface area contributed by atoms with Crippen molar-refractivity contribution in [1.82, 2.24) is 0 Å². The maximum absolute atomic E-state index is 11.7. The third-order valence-electron chi connectivity index (χ3n) is 2.68. The molecule has 8 heteroatoms. The van der Waals surface area contributed by atoms with Crippen molar-refractivity contribution in [1.29, 1.82) is 0 Å². The summed E-state index contributed by atoms with van der Waals surface area (Å²) >= 11 is 1.34. The molecular formula is C13H10N2O5S. The van der Waals surface area contributed by atoms with Crippen LogP contribution in [-0.2, 0) is 11.3 Å². The number of carbonyl (C=O) groups excluding carboxylic acids is 2. The van der Waals surface area contributed by atoms with Crippen LogP contribution in [0.3, 0.4) is 0 Å². The number of esters is 1. The second kappa shape index (κ2) is 6.14. The number of carbonyl (C=O) groups is 2. The van der Waals surface area contributed by atoms with Crippen LogP contribution in [0.2, 0.25) is 0 Å². The first-order valence-electron chi connectivity index (χ1n) is 5.75. The highest BCUT2D eigenvalue weighted by Crippen LogP contribution is 2.21. The van der Waals surface area contributed by atoms with Crippen LogP contribution in [0.1, 0.15) is 26.3 Å². The van der Waals surface area contributed by atoms with Crippen LogP contribution >= 0.6 is 11.3 Å². The van der Waals surface area contributed by atoms with Gasteiger partial charge in [0.25, 0.3) is 5.69 Å². The molecule has 0 aliphatic rings. The Morgan fingerprint density at radius 3 is 2.62 bits per heavy atom. The summed E-state index contributed by atoms with van der Waals surface area (Å²) in [7, 11) is 0. The summed E-state index contributed by atoms with van der Waals surface area (Å²) in [5, 5.41) is 14.3. The Morgan fingerprint density at radius 1 is 1.29 bits per heavy atom. The van der Waals surface area contributed by atoms with Gasteiger partial charge in [-0.15, -0.1) is 0 Å². The van der Waals surface area contributed by atoms with Crippen molar-refractivity contribution in [2.45, 2.75) is 6.61 Å². The van der Waals surface area contributed by atoms with Gasteiger partial charge in [-0.3, -0.25) is 14.9 Å². The summed E-state index contributed by atoms with van der Waals surface area (Å²) in [6.07, 6.45) is 0. The van der Waals surface area contributed by atoms with Gasteiger partial charge in [0.2, 0.25) is 5.91 Å². The lowest BCUT2D eigenvalue weighted by Gasteiger charge is -2.05. The van der Waals surface area contributed by atoms with Crippen molar-refractivity contribution in [3.05, 3.63) is 61.8 Å². The molecule has 2 rings (SSSR count). The summed E-state index contributed by atoms with van der Waals surface area (Å²) in [5.74, 6) is -1.33. The fourth-order valence-electron chi connectivity index (χ4n) is 1.62. The average molecular weight is 306 g/mol. The van der Waals surface area contributed by atoms with Gasteiger partial charge in [-0.05, 0) is 23.6 Å². The van der Waals surface area contributed by atoms with E-state index < -0.39 is 16.8 Å². The molecule has 1 heterocycles. The van der Waals surface area contributed by atoms with Crippen LogP contribution < -0.4 is 5.73 Å². The second-order valence-corrected chi connectivity index (χ2v) is 4.83. The number of nitrogens with zero attached hydrogens (tertiary/aromatic N) is 1. The fraction of sp³-hybridized carbons (Fsp3) is 0.0769. The SMILES string of the molecule is NC(=O)c1ccc(COC(=O)c2ccsc2)c([N+](=O)[O-])c1. The lowest BCUT2D eigenvalue weighted by atomic mass is 10.1. The molecule has 0 aliphatic carbocycles. The van der Waals surface area contributed by atoms with Gasteiger partial charge >= 0.3 is 5.97 Å². The number of hydrogen-bond acceptors (Lipinski definition) is 6. The molecule has 0 radical (unpaired) electrons. The van der Waals surface area contributed by atoms with Crippen molar-refractivity contribution in [3.63, 3.8) is 0 Å². The topological polar surface area (TPSA) is 113 Å². The molecule has 0 unspecified atom stereocenters. The Morgan fingerprint density at radius 2 is 2.05 bits per heavy atom. The highest BCUT2D eigenvalue weighted by Gasteiger charge is 2.18. The van der Waals surface area contributed by atoms with Crippen molar-refractivity contribution in [2.24, 2.45) is 5.73 Å². The standard InChI is InChI=1S/C13H10N2O5S/c14-12(16)8-1-2-9(11(5-8)15(18)19)6-20-13(17)10-3-4-21-7-10/h1-5,7H,6H2,(H2,14,16). The minimum absolute atomic E-state index is 0.0228. The van der Waals surface area contributed by atoms with Crippen molar-refractivity contribution >= 4 is 28.9 Å². The van der Waals surface area contributed by atoms with Crippen LogP contribution in [0, 0.1) is 10.1 Å². The summed E-state index contributed by atoms with van der Waals surface area (Å²) < 4.78 is 5.01. The Labute approximate surface area is 123 Å². The number of thiophene rings is 1. The lowest BCUT2D eigenvalue weighted by Crippen LogP contribution is -2.12. The van der Waals surface area contributed by atoms with E-state index in [1.807, 2.05) is 0 Å². The van der Waals surface area contributed by atoms with Crippen molar-refractivity contribution in [3.8, 4) is 0 Å². The molecular weight excluding hydrogens is 296 g/mol. The zero-order valence-corrected chi connectivity index (χ0v) is 11.5. The van der Waals surface area contributed by atoms with Crippen molar-refractivity contribution in [2.75, 3.05) is 0 Å². The molecule has 0 aliphatic heterocycles. The van der Waals surface area contributed by atoms with E-state index in [0.717, 1.165) is 6.07 Å². The quantitative estimate of drug-likeness (QED) is 0.516. The van der Waals surface area contributed by atoms with E-state index in [4.69, 9.17) is 10.5 Å². The molecule has 7 nitrogen and oxygen atoms in total. The maximum atomic E-state index is 11.7. The van der Waals surface area contributed by atoms with Crippen LogP contribution in [0.4, 0.5) is 5.69 Å². The molecule has 1 aromatic heterocycles. The van der Waals surface area contributed by atoms with E-state index >= 15 is 0 Å². The molecule has 0 fully saturated rings. The fourth-order valence-corrected chi connectivity index (χ4v) is 2.24. The first-order valence-corrected chi connectivity index (χ1v) is 6.69. The summed E-state index contributed by atoms with van der Waals surface area (Å²) in [6, 6.07) is 5.36. The van der Waals surface area contributed by atoms with Crippen LogP contribution in [0.5, 0.6) is 0 Å². The highest BCUT2D eigenvalue weighted by molar-refractivity contribution is 7.08. The molecule has 21 heavy (non-hydrogen) atoms. The van der Waals surface area contributed by atoms with Crippen LogP contribution in [-0.4, -0.2) is 16.8 Å². The van der Waals surface area contributed by atoms with Crippen LogP contribution in [0.25, 0.3) is 0 Å². The van der Waals surface area contributed by atoms with Gasteiger partial charge in [-0.1, -0.05) is 0 Å². The molecule has 0 saturated carbocycles. The number of benzene rings is 1.